The van der Waals surface area contributed by atoms with E-state index in [0.29, 0.717) is 23.8 Å². The Bertz CT molecular complexity index is 473. The molecule has 0 saturated heterocycles. The van der Waals surface area contributed by atoms with Gasteiger partial charge in [-0.05, 0) is 56.6 Å². The lowest BCUT2D eigenvalue weighted by Gasteiger charge is -2.44. The number of hydrogen-bond donors (Lipinski definition) is 1. The van der Waals surface area contributed by atoms with Gasteiger partial charge >= 0.3 is 0 Å². The number of fused-ring (bicyclic) bond motifs is 2. The van der Waals surface area contributed by atoms with Crippen LogP contribution in [0.3, 0.4) is 0 Å². The summed E-state index contributed by atoms with van der Waals surface area (Å²) in [6.07, 6.45) is 5.68. The molecule has 21 heavy (non-hydrogen) atoms. The van der Waals surface area contributed by atoms with Crippen molar-refractivity contribution in [1.29, 1.82) is 0 Å². The van der Waals surface area contributed by atoms with Crippen molar-refractivity contribution < 1.29 is 4.79 Å². The molecule has 1 aromatic rings. The Kier molecular flexibility index (Phi) is 4.29. The summed E-state index contributed by atoms with van der Waals surface area (Å²) in [5.74, 6) is 1.58. The zero-order chi connectivity index (χ0) is 14.8. The average molecular weight is 286 g/mol. The van der Waals surface area contributed by atoms with Crippen molar-refractivity contribution in [3.05, 3.63) is 30.3 Å². The molecule has 0 spiro atoms. The molecule has 1 aromatic carbocycles. The SMILES string of the molecule is CCN(C(=O)C1CC2CCCC(C1)C2N)c1ccccc1. The fraction of sp³-hybridized carbons (Fsp3) is 0.611. The number of carbonyl (C=O) groups excluding carboxylic acids is 1. The molecule has 2 unspecified atom stereocenters. The topological polar surface area (TPSA) is 46.3 Å². The molecular weight excluding hydrogens is 260 g/mol. The summed E-state index contributed by atoms with van der Waals surface area (Å²) in [7, 11) is 0. The molecule has 2 aliphatic carbocycles. The van der Waals surface area contributed by atoms with Gasteiger partial charge in [-0.2, -0.15) is 0 Å². The van der Waals surface area contributed by atoms with Crippen molar-refractivity contribution in [1.82, 2.24) is 0 Å². The highest BCUT2D eigenvalue weighted by molar-refractivity contribution is 5.95. The van der Waals surface area contributed by atoms with E-state index in [4.69, 9.17) is 5.73 Å². The van der Waals surface area contributed by atoms with Crippen LogP contribution in [0.15, 0.2) is 30.3 Å². The highest BCUT2D eigenvalue weighted by atomic mass is 16.2. The van der Waals surface area contributed by atoms with E-state index >= 15 is 0 Å². The van der Waals surface area contributed by atoms with Crippen LogP contribution in [0.25, 0.3) is 0 Å². The number of rotatable bonds is 3. The van der Waals surface area contributed by atoms with Gasteiger partial charge in [-0.3, -0.25) is 4.79 Å². The fourth-order valence-electron chi connectivity index (χ4n) is 4.28. The molecule has 2 fully saturated rings. The van der Waals surface area contributed by atoms with E-state index in [0.717, 1.165) is 25.1 Å². The number of carbonyl (C=O) groups is 1. The standard InChI is InChI=1S/C18H26N2O/c1-2-20(16-9-4-3-5-10-16)18(21)15-11-13-7-6-8-14(12-15)17(13)19/h3-5,9-10,13-15,17H,2,6-8,11-12,19H2,1H3. The maximum Gasteiger partial charge on any atom is 0.230 e. The quantitative estimate of drug-likeness (QED) is 0.927. The van der Waals surface area contributed by atoms with E-state index in [-0.39, 0.29) is 5.92 Å². The molecular formula is C18H26N2O. The van der Waals surface area contributed by atoms with Gasteiger partial charge in [0.05, 0.1) is 0 Å². The van der Waals surface area contributed by atoms with Gasteiger partial charge in [0.25, 0.3) is 0 Å². The van der Waals surface area contributed by atoms with Crippen molar-refractivity contribution in [3.8, 4) is 0 Å². The first-order valence-electron chi connectivity index (χ1n) is 8.32. The third-order valence-electron chi connectivity index (χ3n) is 5.41. The minimum Gasteiger partial charge on any atom is -0.327 e. The number of benzene rings is 1. The van der Waals surface area contributed by atoms with E-state index < -0.39 is 0 Å². The number of para-hydroxylation sites is 1. The monoisotopic (exact) mass is 286 g/mol. The first-order chi connectivity index (χ1) is 10.2. The molecule has 3 heteroatoms. The van der Waals surface area contributed by atoms with Crippen LogP contribution in [0.4, 0.5) is 5.69 Å². The summed E-state index contributed by atoms with van der Waals surface area (Å²) in [5.41, 5.74) is 7.36. The second kappa shape index (κ2) is 6.18. The molecule has 2 atom stereocenters. The molecule has 3 nitrogen and oxygen atoms in total. The van der Waals surface area contributed by atoms with E-state index in [2.05, 4.69) is 6.92 Å². The summed E-state index contributed by atoms with van der Waals surface area (Å²) in [6.45, 7) is 2.79. The Balaban J connectivity index is 1.75. The van der Waals surface area contributed by atoms with Gasteiger partial charge in [0, 0.05) is 24.2 Å². The molecule has 1 amide bonds. The summed E-state index contributed by atoms with van der Waals surface area (Å²) in [6, 6.07) is 10.4. The smallest absolute Gasteiger partial charge is 0.230 e. The maximum absolute atomic E-state index is 13.0. The molecule has 2 aliphatic rings. The van der Waals surface area contributed by atoms with Crippen molar-refractivity contribution >= 4 is 11.6 Å². The minimum atomic E-state index is 0.167. The second-order valence-corrected chi connectivity index (χ2v) is 6.61. The summed E-state index contributed by atoms with van der Waals surface area (Å²) in [4.78, 5) is 14.9. The molecule has 2 bridgehead atoms. The third-order valence-corrected chi connectivity index (χ3v) is 5.41. The zero-order valence-electron chi connectivity index (χ0n) is 12.9. The van der Waals surface area contributed by atoms with Gasteiger partial charge in [-0.15, -0.1) is 0 Å². The molecule has 2 saturated carbocycles. The van der Waals surface area contributed by atoms with Crippen molar-refractivity contribution in [2.24, 2.45) is 23.5 Å². The van der Waals surface area contributed by atoms with E-state index in [9.17, 15) is 4.79 Å². The lowest BCUT2D eigenvalue weighted by molar-refractivity contribution is -0.125. The van der Waals surface area contributed by atoms with Gasteiger partial charge in [0.1, 0.15) is 0 Å². The Morgan fingerprint density at radius 1 is 1.19 bits per heavy atom. The van der Waals surface area contributed by atoms with E-state index in [1.807, 2.05) is 35.2 Å². The maximum atomic E-state index is 13.0. The molecule has 114 valence electrons. The summed E-state index contributed by atoms with van der Waals surface area (Å²) < 4.78 is 0. The lowest BCUT2D eigenvalue weighted by atomic mass is 9.65. The first-order valence-corrected chi connectivity index (χ1v) is 8.32. The number of nitrogens with two attached hydrogens (primary N) is 1. The Morgan fingerprint density at radius 2 is 1.81 bits per heavy atom. The predicted molar refractivity (Wildman–Crippen MR) is 86.0 cm³/mol. The van der Waals surface area contributed by atoms with Crippen LogP contribution in [0.5, 0.6) is 0 Å². The number of hydrogen-bond acceptors (Lipinski definition) is 2. The van der Waals surface area contributed by atoms with Crippen molar-refractivity contribution in [3.63, 3.8) is 0 Å². The molecule has 2 N–H and O–H groups in total. The number of amides is 1. The zero-order valence-corrected chi connectivity index (χ0v) is 12.9. The normalized spacial score (nSPS) is 31.7. The largest absolute Gasteiger partial charge is 0.327 e. The van der Waals surface area contributed by atoms with E-state index in [1.165, 1.54) is 19.3 Å². The number of nitrogens with zero attached hydrogens (tertiary/aromatic N) is 1. The third kappa shape index (κ3) is 2.84. The van der Waals surface area contributed by atoms with Crippen molar-refractivity contribution in [2.75, 3.05) is 11.4 Å². The van der Waals surface area contributed by atoms with Gasteiger partial charge in [0.15, 0.2) is 0 Å². The summed E-state index contributed by atoms with van der Waals surface area (Å²) >= 11 is 0. The highest BCUT2D eigenvalue weighted by Gasteiger charge is 2.41. The van der Waals surface area contributed by atoms with Crippen LogP contribution in [0, 0.1) is 17.8 Å². The predicted octanol–water partition coefficient (Wildman–Crippen LogP) is 3.19. The Hall–Kier alpha value is -1.35. The van der Waals surface area contributed by atoms with Crippen LogP contribution in [0.2, 0.25) is 0 Å². The van der Waals surface area contributed by atoms with E-state index in [1.54, 1.807) is 0 Å². The average Bonchev–Trinajstić information content (AvgIpc) is 2.48. The van der Waals surface area contributed by atoms with Gasteiger partial charge in [0.2, 0.25) is 5.91 Å². The van der Waals surface area contributed by atoms with Gasteiger partial charge in [-0.25, -0.2) is 0 Å². The second-order valence-electron chi connectivity index (χ2n) is 6.61. The Morgan fingerprint density at radius 3 is 2.38 bits per heavy atom. The lowest BCUT2D eigenvalue weighted by Crippen LogP contribution is -2.49. The van der Waals surface area contributed by atoms with Gasteiger partial charge in [-0.1, -0.05) is 24.6 Å². The van der Waals surface area contributed by atoms with Crippen LogP contribution >= 0.6 is 0 Å². The Labute approximate surface area is 127 Å². The highest BCUT2D eigenvalue weighted by Crippen LogP contribution is 2.42. The molecule has 3 rings (SSSR count). The first kappa shape index (κ1) is 14.6. The molecule has 0 radical (unpaired) electrons. The van der Waals surface area contributed by atoms with Crippen LogP contribution in [-0.2, 0) is 4.79 Å². The molecule has 0 aliphatic heterocycles. The summed E-state index contributed by atoms with van der Waals surface area (Å²) in [5, 5.41) is 0. The molecule has 0 heterocycles. The van der Waals surface area contributed by atoms with Crippen molar-refractivity contribution in [2.45, 2.75) is 45.1 Å². The van der Waals surface area contributed by atoms with Crippen LogP contribution < -0.4 is 10.6 Å². The molecule has 0 aromatic heterocycles. The number of anilines is 1. The van der Waals surface area contributed by atoms with Crippen LogP contribution in [0.1, 0.15) is 39.0 Å². The minimum absolute atomic E-state index is 0.167. The van der Waals surface area contributed by atoms with Gasteiger partial charge < -0.3 is 10.6 Å². The fourth-order valence-corrected chi connectivity index (χ4v) is 4.28. The van der Waals surface area contributed by atoms with Crippen LogP contribution in [-0.4, -0.2) is 18.5 Å².